The number of para-hydroxylation sites is 1. The van der Waals surface area contributed by atoms with Gasteiger partial charge in [0.25, 0.3) is 0 Å². The van der Waals surface area contributed by atoms with Crippen molar-refractivity contribution in [2.24, 2.45) is 5.10 Å². The van der Waals surface area contributed by atoms with E-state index in [1.807, 2.05) is 54.6 Å². The van der Waals surface area contributed by atoms with E-state index >= 15 is 0 Å². The summed E-state index contributed by atoms with van der Waals surface area (Å²) in [5, 5.41) is 9.88. The summed E-state index contributed by atoms with van der Waals surface area (Å²) < 4.78 is 5.84. The number of ether oxygens (including phenoxy) is 1. The van der Waals surface area contributed by atoms with Gasteiger partial charge < -0.3 is 4.74 Å². The maximum atomic E-state index is 11.1. The SMILES string of the molecule is O=c1nc(N/N=C/c2ccccc2OCc2ccccc2)cn[nH]1. The van der Waals surface area contributed by atoms with E-state index in [0.29, 0.717) is 12.4 Å². The Morgan fingerprint density at radius 1 is 1.12 bits per heavy atom. The molecule has 0 saturated heterocycles. The first-order chi connectivity index (χ1) is 11.8. The monoisotopic (exact) mass is 321 g/mol. The minimum atomic E-state index is -0.540. The fraction of sp³-hybridized carbons (Fsp3) is 0.0588. The maximum Gasteiger partial charge on any atom is 0.363 e. The van der Waals surface area contributed by atoms with E-state index in [-0.39, 0.29) is 5.82 Å². The lowest BCUT2D eigenvalue weighted by molar-refractivity contribution is 0.306. The summed E-state index contributed by atoms with van der Waals surface area (Å²) in [5.41, 5.74) is 4.00. The summed E-state index contributed by atoms with van der Waals surface area (Å²) in [6.45, 7) is 0.471. The molecular formula is C17H15N5O2. The molecule has 7 heteroatoms. The van der Waals surface area contributed by atoms with Crippen molar-refractivity contribution in [1.82, 2.24) is 15.2 Å². The van der Waals surface area contributed by atoms with Crippen LogP contribution in [0.2, 0.25) is 0 Å². The van der Waals surface area contributed by atoms with Crippen LogP contribution in [0.15, 0.2) is 70.7 Å². The summed E-state index contributed by atoms with van der Waals surface area (Å²) in [6.07, 6.45) is 2.97. The Labute approximate surface area is 138 Å². The van der Waals surface area contributed by atoms with E-state index in [4.69, 9.17) is 4.74 Å². The van der Waals surface area contributed by atoms with Crippen molar-refractivity contribution in [2.45, 2.75) is 6.61 Å². The highest BCUT2D eigenvalue weighted by Crippen LogP contribution is 2.17. The first-order valence-electron chi connectivity index (χ1n) is 7.28. The molecule has 0 bridgehead atoms. The smallest absolute Gasteiger partial charge is 0.363 e. The Hall–Kier alpha value is -3.48. The third kappa shape index (κ3) is 4.26. The van der Waals surface area contributed by atoms with E-state index < -0.39 is 5.69 Å². The van der Waals surface area contributed by atoms with Crippen LogP contribution in [0.5, 0.6) is 5.75 Å². The van der Waals surface area contributed by atoms with Gasteiger partial charge in [-0.3, -0.25) is 5.43 Å². The van der Waals surface area contributed by atoms with E-state index in [1.54, 1.807) is 6.21 Å². The minimum absolute atomic E-state index is 0.262. The second kappa shape index (κ2) is 7.68. The molecular weight excluding hydrogens is 306 g/mol. The number of hydrogen-bond donors (Lipinski definition) is 2. The summed E-state index contributed by atoms with van der Waals surface area (Å²) >= 11 is 0. The molecule has 0 unspecified atom stereocenters. The lowest BCUT2D eigenvalue weighted by Crippen LogP contribution is -2.13. The van der Waals surface area contributed by atoms with Crippen LogP contribution in [-0.2, 0) is 6.61 Å². The maximum absolute atomic E-state index is 11.1. The number of anilines is 1. The normalized spacial score (nSPS) is 10.7. The van der Waals surface area contributed by atoms with Crippen molar-refractivity contribution < 1.29 is 4.74 Å². The molecule has 1 heterocycles. The van der Waals surface area contributed by atoms with Crippen LogP contribution in [-0.4, -0.2) is 21.4 Å². The Bertz CT molecular complexity index is 877. The van der Waals surface area contributed by atoms with Gasteiger partial charge in [0.2, 0.25) is 0 Å². The molecule has 0 fully saturated rings. The average Bonchev–Trinajstić information content (AvgIpc) is 2.62. The zero-order chi connectivity index (χ0) is 16.6. The number of nitrogens with one attached hydrogen (secondary N) is 2. The second-order valence-electron chi connectivity index (χ2n) is 4.85. The van der Waals surface area contributed by atoms with E-state index in [1.165, 1.54) is 6.20 Å². The highest BCUT2D eigenvalue weighted by molar-refractivity contribution is 5.83. The minimum Gasteiger partial charge on any atom is -0.488 e. The summed E-state index contributed by atoms with van der Waals surface area (Å²) in [5.74, 6) is 0.974. The van der Waals surface area contributed by atoms with E-state index in [9.17, 15) is 4.79 Å². The molecule has 1 aromatic heterocycles. The summed E-state index contributed by atoms with van der Waals surface area (Å²) in [6, 6.07) is 17.5. The van der Waals surface area contributed by atoms with Crippen molar-refractivity contribution in [3.05, 3.63) is 82.4 Å². The molecule has 120 valence electrons. The van der Waals surface area contributed by atoms with E-state index in [0.717, 1.165) is 11.1 Å². The Morgan fingerprint density at radius 2 is 1.92 bits per heavy atom. The van der Waals surface area contributed by atoms with Gasteiger partial charge in [0.15, 0.2) is 5.82 Å². The molecule has 0 aliphatic carbocycles. The first-order valence-corrected chi connectivity index (χ1v) is 7.28. The van der Waals surface area contributed by atoms with Crippen molar-refractivity contribution >= 4 is 12.0 Å². The van der Waals surface area contributed by atoms with Crippen molar-refractivity contribution in [1.29, 1.82) is 0 Å². The van der Waals surface area contributed by atoms with Gasteiger partial charge >= 0.3 is 5.69 Å². The zero-order valence-electron chi connectivity index (χ0n) is 12.7. The average molecular weight is 321 g/mol. The number of rotatable bonds is 6. The lowest BCUT2D eigenvalue weighted by atomic mass is 10.2. The number of nitrogens with zero attached hydrogens (tertiary/aromatic N) is 3. The third-order valence-electron chi connectivity index (χ3n) is 3.11. The van der Waals surface area contributed by atoms with Gasteiger partial charge in [-0.25, -0.2) is 9.89 Å². The van der Waals surface area contributed by atoms with Gasteiger partial charge in [-0.15, -0.1) is 0 Å². The lowest BCUT2D eigenvalue weighted by Gasteiger charge is -2.08. The van der Waals surface area contributed by atoms with Crippen molar-refractivity contribution in [3.8, 4) is 5.75 Å². The molecule has 0 radical (unpaired) electrons. The van der Waals surface area contributed by atoms with Crippen molar-refractivity contribution in [3.63, 3.8) is 0 Å². The summed E-state index contributed by atoms with van der Waals surface area (Å²) in [4.78, 5) is 14.7. The zero-order valence-corrected chi connectivity index (χ0v) is 12.7. The molecule has 24 heavy (non-hydrogen) atoms. The van der Waals surface area contributed by atoms with Gasteiger partial charge in [0, 0.05) is 5.56 Å². The molecule has 0 amide bonds. The Kier molecular flexibility index (Phi) is 4.94. The van der Waals surface area contributed by atoms with Crippen LogP contribution < -0.4 is 15.9 Å². The molecule has 2 N–H and O–H groups in total. The van der Waals surface area contributed by atoms with Crippen LogP contribution in [0.25, 0.3) is 0 Å². The van der Waals surface area contributed by atoms with Gasteiger partial charge in [-0.05, 0) is 17.7 Å². The number of aromatic amines is 1. The predicted octanol–water partition coefficient (Wildman–Crippen LogP) is 2.19. The van der Waals surface area contributed by atoms with Gasteiger partial charge in [0.1, 0.15) is 12.4 Å². The standard InChI is InChI=1S/C17H15N5O2/c23-17-20-16(11-19-22-17)21-18-10-14-8-4-5-9-15(14)24-12-13-6-2-1-3-7-13/h1-11H,12H2,(H2,20,21,22,23)/b18-10+. The number of H-pyrrole nitrogens is 1. The van der Waals surface area contributed by atoms with Gasteiger partial charge in [-0.2, -0.15) is 15.2 Å². The fourth-order valence-electron chi connectivity index (χ4n) is 1.99. The first kappa shape index (κ1) is 15.4. The fourth-order valence-corrected chi connectivity index (χ4v) is 1.99. The molecule has 3 aromatic rings. The quantitative estimate of drug-likeness (QED) is 0.536. The highest BCUT2D eigenvalue weighted by Gasteiger charge is 2.01. The largest absolute Gasteiger partial charge is 0.488 e. The van der Waals surface area contributed by atoms with Gasteiger partial charge in [0.05, 0.1) is 12.4 Å². The van der Waals surface area contributed by atoms with Crippen LogP contribution in [0.1, 0.15) is 11.1 Å². The molecule has 7 nitrogen and oxygen atoms in total. The van der Waals surface area contributed by atoms with Crippen LogP contribution >= 0.6 is 0 Å². The third-order valence-corrected chi connectivity index (χ3v) is 3.11. The number of hydrazone groups is 1. The molecule has 0 aliphatic rings. The Balaban J connectivity index is 1.67. The van der Waals surface area contributed by atoms with Gasteiger partial charge in [-0.1, -0.05) is 42.5 Å². The van der Waals surface area contributed by atoms with Crippen LogP contribution in [0, 0.1) is 0 Å². The summed E-state index contributed by atoms with van der Waals surface area (Å²) in [7, 11) is 0. The number of hydrogen-bond acceptors (Lipinski definition) is 6. The molecule has 2 aromatic carbocycles. The Morgan fingerprint density at radius 3 is 2.75 bits per heavy atom. The number of aromatic nitrogens is 3. The molecule has 0 saturated carbocycles. The van der Waals surface area contributed by atoms with Crippen LogP contribution in [0.4, 0.5) is 5.82 Å². The van der Waals surface area contributed by atoms with Crippen molar-refractivity contribution in [2.75, 3.05) is 5.43 Å². The van der Waals surface area contributed by atoms with E-state index in [2.05, 4.69) is 25.7 Å². The van der Waals surface area contributed by atoms with Crippen LogP contribution in [0.3, 0.4) is 0 Å². The molecule has 3 rings (SSSR count). The molecule has 0 atom stereocenters. The second-order valence-corrected chi connectivity index (χ2v) is 4.85. The number of benzene rings is 2. The molecule has 0 aliphatic heterocycles. The highest BCUT2D eigenvalue weighted by atomic mass is 16.5. The predicted molar refractivity (Wildman–Crippen MR) is 91.1 cm³/mol. The topological polar surface area (TPSA) is 92.3 Å². The molecule has 0 spiro atoms.